The smallest absolute Gasteiger partial charge is 0.253 e. The van der Waals surface area contributed by atoms with Crippen molar-refractivity contribution in [2.24, 2.45) is 5.92 Å². The van der Waals surface area contributed by atoms with E-state index in [-0.39, 0.29) is 11.7 Å². The van der Waals surface area contributed by atoms with E-state index >= 15 is 0 Å². The van der Waals surface area contributed by atoms with Gasteiger partial charge in [-0.1, -0.05) is 18.2 Å². The Bertz CT molecular complexity index is 1290. The van der Waals surface area contributed by atoms with Gasteiger partial charge in [0.05, 0.1) is 11.6 Å². The molecule has 0 spiro atoms. The molecule has 2 heterocycles. The van der Waals surface area contributed by atoms with E-state index in [1.54, 1.807) is 6.20 Å². The van der Waals surface area contributed by atoms with Crippen molar-refractivity contribution in [3.63, 3.8) is 0 Å². The molecule has 1 amide bonds. The molecular weight excluding hydrogens is 446 g/mol. The first kappa shape index (κ1) is 23.9. The van der Waals surface area contributed by atoms with Gasteiger partial charge in [0, 0.05) is 48.9 Å². The van der Waals surface area contributed by atoms with Crippen molar-refractivity contribution in [1.82, 2.24) is 9.88 Å². The van der Waals surface area contributed by atoms with E-state index < -0.39 is 0 Å². The lowest BCUT2D eigenvalue weighted by Crippen LogP contribution is -2.38. The Kier molecular flexibility index (Phi) is 6.95. The molecule has 0 radical (unpaired) electrons. The van der Waals surface area contributed by atoms with Crippen LogP contribution in [0.3, 0.4) is 0 Å². The fourth-order valence-electron chi connectivity index (χ4n) is 5.01. The molecule has 1 aliphatic carbocycles. The van der Waals surface area contributed by atoms with Crippen molar-refractivity contribution in [3.8, 4) is 6.07 Å². The van der Waals surface area contributed by atoms with Crippen molar-refractivity contribution in [2.45, 2.75) is 51.4 Å². The third kappa shape index (κ3) is 5.54. The topological polar surface area (TPSA) is 74.1 Å². The second kappa shape index (κ2) is 10.5. The Labute approximate surface area is 212 Å². The van der Waals surface area contributed by atoms with Crippen molar-refractivity contribution < 1.29 is 9.59 Å². The maximum absolute atomic E-state index is 13.3. The molecule has 1 saturated heterocycles. The molecule has 1 aromatic heterocycles. The lowest BCUT2D eigenvalue weighted by atomic mass is 9.88. The SMILES string of the molecule is Cc1ccc(C(=O)N2CCC(c3ccc(C#N)cc3)CC2)cc1Cc1ccc(C(=O)CC2CC2)cn1. The number of Topliss-reactive ketones (excluding diaryl/α,β-unsaturated/α-hetero) is 1. The third-order valence-corrected chi connectivity index (χ3v) is 7.58. The van der Waals surface area contributed by atoms with E-state index in [1.165, 1.54) is 18.4 Å². The maximum Gasteiger partial charge on any atom is 0.253 e. The van der Waals surface area contributed by atoms with Crippen molar-refractivity contribution in [3.05, 3.63) is 99.9 Å². The number of carbonyl (C=O) groups excluding carboxylic acids is 2. The number of hydrogen-bond acceptors (Lipinski definition) is 4. The number of piperidine rings is 1. The molecule has 5 rings (SSSR count). The second-order valence-electron chi connectivity index (χ2n) is 10.2. The minimum absolute atomic E-state index is 0.0727. The highest BCUT2D eigenvalue weighted by Gasteiger charge is 2.26. The van der Waals surface area contributed by atoms with Crippen LogP contribution in [-0.2, 0) is 6.42 Å². The fourth-order valence-corrected chi connectivity index (χ4v) is 5.01. The maximum atomic E-state index is 13.3. The summed E-state index contributed by atoms with van der Waals surface area (Å²) in [6, 6.07) is 19.7. The van der Waals surface area contributed by atoms with E-state index in [4.69, 9.17) is 5.26 Å². The number of rotatable bonds is 7. The number of nitriles is 1. The van der Waals surface area contributed by atoms with Gasteiger partial charge < -0.3 is 4.90 Å². The van der Waals surface area contributed by atoms with E-state index in [2.05, 4.69) is 18.0 Å². The first-order chi connectivity index (χ1) is 17.5. The number of amides is 1. The Balaban J connectivity index is 1.21. The Hall–Kier alpha value is -3.78. The van der Waals surface area contributed by atoms with E-state index in [0.717, 1.165) is 42.8 Å². The molecule has 0 N–H and O–H groups in total. The van der Waals surface area contributed by atoms with Gasteiger partial charge >= 0.3 is 0 Å². The third-order valence-electron chi connectivity index (χ3n) is 7.58. The van der Waals surface area contributed by atoms with Crippen LogP contribution < -0.4 is 0 Å². The van der Waals surface area contributed by atoms with Crippen LogP contribution in [0.2, 0.25) is 0 Å². The highest BCUT2D eigenvalue weighted by Crippen LogP contribution is 2.33. The van der Waals surface area contributed by atoms with Gasteiger partial charge in [0.2, 0.25) is 0 Å². The predicted molar refractivity (Wildman–Crippen MR) is 139 cm³/mol. The molecule has 0 atom stereocenters. The summed E-state index contributed by atoms with van der Waals surface area (Å²) < 4.78 is 0. The first-order valence-corrected chi connectivity index (χ1v) is 12.9. The molecule has 3 aromatic rings. The van der Waals surface area contributed by atoms with Crippen molar-refractivity contribution in [2.75, 3.05) is 13.1 Å². The summed E-state index contributed by atoms with van der Waals surface area (Å²) in [5.41, 5.74) is 6.43. The molecule has 0 bridgehead atoms. The quantitative estimate of drug-likeness (QED) is 0.400. The number of nitrogens with zero attached hydrogens (tertiary/aromatic N) is 3. The summed E-state index contributed by atoms with van der Waals surface area (Å²) in [7, 11) is 0. The van der Waals surface area contributed by atoms with Crippen LogP contribution in [0.15, 0.2) is 60.8 Å². The first-order valence-electron chi connectivity index (χ1n) is 12.9. The largest absolute Gasteiger partial charge is 0.339 e. The van der Waals surface area contributed by atoms with Crippen LogP contribution in [0.4, 0.5) is 0 Å². The van der Waals surface area contributed by atoms with Crippen LogP contribution >= 0.6 is 0 Å². The van der Waals surface area contributed by atoms with E-state index in [9.17, 15) is 9.59 Å². The number of ketones is 1. The number of hydrogen-bond donors (Lipinski definition) is 0. The Morgan fingerprint density at radius 1 is 0.972 bits per heavy atom. The van der Waals surface area contributed by atoms with Crippen molar-refractivity contribution >= 4 is 11.7 Å². The normalized spacial score (nSPS) is 15.9. The minimum Gasteiger partial charge on any atom is -0.339 e. The van der Waals surface area contributed by atoms with Crippen LogP contribution in [0, 0.1) is 24.2 Å². The highest BCUT2D eigenvalue weighted by atomic mass is 16.2. The van der Waals surface area contributed by atoms with Gasteiger partial charge in [0.1, 0.15) is 0 Å². The molecule has 2 aliphatic rings. The number of aryl methyl sites for hydroxylation is 1. The zero-order chi connectivity index (χ0) is 25.1. The van der Waals surface area contributed by atoms with Gasteiger partial charge in [-0.15, -0.1) is 0 Å². The lowest BCUT2D eigenvalue weighted by Gasteiger charge is -2.32. The number of likely N-dealkylation sites (tertiary alicyclic amines) is 1. The number of pyridine rings is 1. The van der Waals surface area contributed by atoms with Crippen LogP contribution in [-0.4, -0.2) is 34.7 Å². The summed E-state index contributed by atoms with van der Waals surface area (Å²) in [6.07, 6.45) is 7.14. The number of benzene rings is 2. The molecule has 1 saturated carbocycles. The molecule has 0 unspecified atom stereocenters. The van der Waals surface area contributed by atoms with Gasteiger partial charge in [-0.05, 0) is 97.5 Å². The average molecular weight is 478 g/mol. The standard InChI is InChI=1S/C31H31N3O2/c1-21-2-7-26(17-28(21)18-29-11-10-27(20-33-29)30(35)16-22-3-4-22)31(36)34-14-12-25(13-15-34)24-8-5-23(19-32)6-9-24/h2,5-11,17,20,22,25H,3-4,12-16,18H2,1H3. The number of aromatic nitrogens is 1. The summed E-state index contributed by atoms with van der Waals surface area (Å²) in [4.78, 5) is 32.1. The van der Waals surface area contributed by atoms with E-state index in [0.29, 0.717) is 41.4 Å². The predicted octanol–water partition coefficient (Wildman–Crippen LogP) is 5.86. The zero-order valence-corrected chi connectivity index (χ0v) is 20.7. The summed E-state index contributed by atoms with van der Waals surface area (Å²) in [5.74, 6) is 1.24. The van der Waals surface area contributed by atoms with Gasteiger partial charge in [-0.2, -0.15) is 5.26 Å². The molecule has 2 fully saturated rings. The lowest BCUT2D eigenvalue weighted by molar-refractivity contribution is 0.0712. The monoisotopic (exact) mass is 477 g/mol. The highest BCUT2D eigenvalue weighted by molar-refractivity contribution is 5.96. The van der Waals surface area contributed by atoms with Gasteiger partial charge in [0.25, 0.3) is 5.91 Å². The molecular formula is C31H31N3O2. The summed E-state index contributed by atoms with van der Waals surface area (Å²) in [6.45, 7) is 3.51. The van der Waals surface area contributed by atoms with Crippen LogP contribution in [0.25, 0.3) is 0 Å². The second-order valence-corrected chi connectivity index (χ2v) is 10.2. The van der Waals surface area contributed by atoms with Gasteiger partial charge in [-0.25, -0.2) is 0 Å². The van der Waals surface area contributed by atoms with Crippen LogP contribution in [0.5, 0.6) is 0 Å². The number of carbonyl (C=O) groups is 2. The molecule has 1 aliphatic heterocycles. The summed E-state index contributed by atoms with van der Waals surface area (Å²) >= 11 is 0. The Morgan fingerprint density at radius 3 is 2.33 bits per heavy atom. The van der Waals surface area contributed by atoms with E-state index in [1.807, 2.05) is 59.5 Å². The Morgan fingerprint density at radius 2 is 1.69 bits per heavy atom. The van der Waals surface area contributed by atoms with Crippen molar-refractivity contribution in [1.29, 1.82) is 5.26 Å². The summed E-state index contributed by atoms with van der Waals surface area (Å²) in [5, 5.41) is 9.01. The molecule has 182 valence electrons. The molecule has 5 heteroatoms. The minimum atomic E-state index is 0.0727. The molecule has 36 heavy (non-hydrogen) atoms. The fraction of sp³-hybridized carbons (Fsp3) is 0.355. The zero-order valence-electron chi connectivity index (χ0n) is 20.7. The molecule has 2 aromatic carbocycles. The van der Waals surface area contributed by atoms with Gasteiger partial charge in [0.15, 0.2) is 5.78 Å². The average Bonchev–Trinajstić information content (AvgIpc) is 3.74. The van der Waals surface area contributed by atoms with Gasteiger partial charge in [-0.3, -0.25) is 14.6 Å². The molecule has 5 nitrogen and oxygen atoms in total. The van der Waals surface area contributed by atoms with Crippen LogP contribution in [0.1, 0.15) is 86.7 Å².